The van der Waals surface area contributed by atoms with E-state index in [0.29, 0.717) is 5.88 Å². The number of fused-ring (bicyclic) bond motifs is 1. The molecule has 2 rings (SSSR count). The molecule has 0 atom stereocenters. The number of hydrogen-bond donors (Lipinski definition) is 0. The molecular weight excluding hydrogens is 222 g/mol. The Hall–Kier alpha value is -1.06. The van der Waals surface area contributed by atoms with Gasteiger partial charge in [0.25, 0.3) is 0 Å². The molecule has 0 saturated heterocycles. The van der Waals surface area contributed by atoms with E-state index in [1.165, 1.54) is 0 Å². The first kappa shape index (κ1) is 11.4. The Morgan fingerprint density at radius 1 is 1.44 bits per heavy atom. The first-order chi connectivity index (χ1) is 7.83. The summed E-state index contributed by atoms with van der Waals surface area (Å²) in [5, 5.41) is 0. The lowest BCUT2D eigenvalue weighted by Gasteiger charge is -2.16. The number of imidazole rings is 1. The molecule has 0 aliphatic heterocycles. The van der Waals surface area contributed by atoms with Crippen molar-refractivity contribution in [2.45, 2.75) is 13.5 Å². The van der Waals surface area contributed by atoms with Crippen molar-refractivity contribution in [3.8, 4) is 0 Å². The fraction of sp³-hybridized carbons (Fsp3) is 0.417. The van der Waals surface area contributed by atoms with Crippen molar-refractivity contribution in [1.82, 2.24) is 14.3 Å². The molecule has 3 nitrogen and oxygen atoms in total. The van der Waals surface area contributed by atoms with E-state index >= 15 is 0 Å². The van der Waals surface area contributed by atoms with Gasteiger partial charge in [-0.2, -0.15) is 0 Å². The number of rotatable bonds is 5. The van der Waals surface area contributed by atoms with Crippen molar-refractivity contribution in [2.24, 2.45) is 0 Å². The Morgan fingerprint density at radius 2 is 2.31 bits per heavy atom. The minimum atomic E-state index is 0.668. The minimum Gasteiger partial charge on any atom is -0.307 e. The second kappa shape index (κ2) is 5.32. The van der Waals surface area contributed by atoms with Crippen molar-refractivity contribution >= 4 is 17.2 Å². The maximum Gasteiger partial charge on any atom is 0.137 e. The fourth-order valence-corrected chi connectivity index (χ4v) is 2.00. The Labute approximate surface area is 101 Å². The minimum absolute atomic E-state index is 0.668. The van der Waals surface area contributed by atoms with E-state index in [1.807, 2.05) is 28.8 Å². The quantitative estimate of drug-likeness (QED) is 0.745. The monoisotopic (exact) mass is 237 g/mol. The van der Waals surface area contributed by atoms with Gasteiger partial charge in [0.1, 0.15) is 5.65 Å². The molecule has 0 radical (unpaired) electrons. The summed E-state index contributed by atoms with van der Waals surface area (Å²) in [7, 11) is 0. The zero-order valence-corrected chi connectivity index (χ0v) is 10.2. The lowest BCUT2D eigenvalue weighted by Crippen LogP contribution is -2.25. The van der Waals surface area contributed by atoms with E-state index in [2.05, 4.69) is 23.0 Å². The summed E-state index contributed by atoms with van der Waals surface area (Å²) < 4.78 is 2.05. The van der Waals surface area contributed by atoms with Gasteiger partial charge in [-0.05, 0) is 18.7 Å². The smallest absolute Gasteiger partial charge is 0.137 e. The lowest BCUT2D eigenvalue weighted by molar-refractivity contribution is 0.294. The zero-order valence-electron chi connectivity index (χ0n) is 9.43. The molecule has 0 aliphatic rings. The van der Waals surface area contributed by atoms with Gasteiger partial charge in [0.05, 0.1) is 5.69 Å². The average molecular weight is 238 g/mol. The van der Waals surface area contributed by atoms with Crippen LogP contribution in [0, 0.1) is 0 Å². The highest BCUT2D eigenvalue weighted by molar-refractivity contribution is 6.18. The van der Waals surface area contributed by atoms with Gasteiger partial charge in [-0.15, -0.1) is 11.6 Å². The standard InChI is InChI=1S/C12H16ClN3/c1-2-15(8-6-13)9-11-10-16-7-4-3-5-12(16)14-11/h3-5,7,10H,2,6,8-9H2,1H3. The summed E-state index contributed by atoms with van der Waals surface area (Å²) in [5.41, 5.74) is 2.09. The third-order valence-corrected chi connectivity index (χ3v) is 2.82. The van der Waals surface area contributed by atoms with Crippen LogP contribution >= 0.6 is 11.6 Å². The van der Waals surface area contributed by atoms with E-state index in [4.69, 9.17) is 11.6 Å². The highest BCUT2D eigenvalue weighted by Crippen LogP contribution is 2.07. The highest BCUT2D eigenvalue weighted by Gasteiger charge is 2.06. The summed E-state index contributed by atoms with van der Waals surface area (Å²) in [6, 6.07) is 6.03. The second-order valence-electron chi connectivity index (χ2n) is 3.76. The van der Waals surface area contributed by atoms with Gasteiger partial charge >= 0.3 is 0 Å². The summed E-state index contributed by atoms with van der Waals surface area (Å²) in [6.45, 7) is 4.92. The number of halogens is 1. The van der Waals surface area contributed by atoms with Crippen molar-refractivity contribution in [3.05, 3.63) is 36.3 Å². The predicted octanol–water partition coefficient (Wildman–Crippen LogP) is 2.40. The lowest BCUT2D eigenvalue weighted by atomic mass is 10.4. The first-order valence-electron chi connectivity index (χ1n) is 5.54. The fourth-order valence-electron chi connectivity index (χ4n) is 1.76. The molecule has 2 heterocycles. The van der Waals surface area contributed by atoms with Crippen molar-refractivity contribution in [2.75, 3.05) is 19.0 Å². The van der Waals surface area contributed by atoms with Gasteiger partial charge in [0.15, 0.2) is 0 Å². The van der Waals surface area contributed by atoms with Gasteiger partial charge in [-0.25, -0.2) is 4.98 Å². The second-order valence-corrected chi connectivity index (χ2v) is 4.13. The van der Waals surface area contributed by atoms with Crippen molar-refractivity contribution in [1.29, 1.82) is 0 Å². The number of pyridine rings is 1. The van der Waals surface area contributed by atoms with Crippen LogP contribution in [0.1, 0.15) is 12.6 Å². The third kappa shape index (κ3) is 2.54. The Balaban J connectivity index is 2.14. The van der Waals surface area contributed by atoms with Crippen LogP contribution < -0.4 is 0 Å². The topological polar surface area (TPSA) is 20.5 Å². The average Bonchev–Trinajstić information content (AvgIpc) is 2.70. The van der Waals surface area contributed by atoms with Crippen LogP contribution in [0.15, 0.2) is 30.6 Å². The van der Waals surface area contributed by atoms with Crippen LogP contribution in [-0.4, -0.2) is 33.3 Å². The van der Waals surface area contributed by atoms with Gasteiger partial charge in [-0.1, -0.05) is 13.0 Å². The van der Waals surface area contributed by atoms with E-state index in [9.17, 15) is 0 Å². The molecule has 16 heavy (non-hydrogen) atoms. The van der Waals surface area contributed by atoms with Gasteiger partial charge in [0, 0.05) is 31.4 Å². The molecule has 0 aliphatic carbocycles. The van der Waals surface area contributed by atoms with E-state index < -0.39 is 0 Å². The normalized spacial score (nSPS) is 11.4. The zero-order chi connectivity index (χ0) is 11.4. The highest BCUT2D eigenvalue weighted by atomic mass is 35.5. The molecule has 2 aromatic rings. The molecule has 86 valence electrons. The SMILES string of the molecule is CCN(CCCl)Cc1cn2ccccc2n1. The molecule has 0 fully saturated rings. The first-order valence-corrected chi connectivity index (χ1v) is 6.08. The van der Waals surface area contributed by atoms with E-state index in [1.54, 1.807) is 0 Å². The molecule has 2 aromatic heterocycles. The number of alkyl halides is 1. The number of aromatic nitrogens is 2. The van der Waals surface area contributed by atoms with Crippen LogP contribution in [0.5, 0.6) is 0 Å². The van der Waals surface area contributed by atoms with Gasteiger partial charge in [0.2, 0.25) is 0 Å². The summed E-state index contributed by atoms with van der Waals surface area (Å²) in [4.78, 5) is 6.85. The molecular formula is C12H16ClN3. The molecule has 0 N–H and O–H groups in total. The Morgan fingerprint density at radius 3 is 3.00 bits per heavy atom. The summed E-state index contributed by atoms with van der Waals surface area (Å²) in [5.74, 6) is 0.668. The van der Waals surface area contributed by atoms with Crippen LogP contribution in [-0.2, 0) is 6.54 Å². The van der Waals surface area contributed by atoms with E-state index in [0.717, 1.165) is 31.0 Å². The van der Waals surface area contributed by atoms with E-state index in [-0.39, 0.29) is 0 Å². The van der Waals surface area contributed by atoms with Gasteiger partial charge in [-0.3, -0.25) is 4.90 Å². The summed E-state index contributed by atoms with van der Waals surface area (Å²) in [6.07, 6.45) is 4.09. The maximum atomic E-state index is 5.75. The Kier molecular flexibility index (Phi) is 3.80. The molecule has 0 saturated carbocycles. The molecule has 4 heteroatoms. The largest absolute Gasteiger partial charge is 0.307 e. The van der Waals surface area contributed by atoms with Crippen molar-refractivity contribution < 1.29 is 0 Å². The predicted molar refractivity (Wildman–Crippen MR) is 66.9 cm³/mol. The number of hydrogen-bond acceptors (Lipinski definition) is 2. The molecule has 0 bridgehead atoms. The summed E-state index contributed by atoms with van der Waals surface area (Å²) >= 11 is 5.75. The maximum absolute atomic E-state index is 5.75. The van der Waals surface area contributed by atoms with Crippen LogP contribution in [0.2, 0.25) is 0 Å². The van der Waals surface area contributed by atoms with Gasteiger partial charge < -0.3 is 4.40 Å². The van der Waals surface area contributed by atoms with Crippen LogP contribution in [0.3, 0.4) is 0 Å². The molecule has 0 unspecified atom stereocenters. The molecule has 0 spiro atoms. The van der Waals surface area contributed by atoms with Crippen LogP contribution in [0.4, 0.5) is 0 Å². The molecule has 0 aromatic carbocycles. The Bertz CT molecular complexity index is 419. The molecule has 0 amide bonds. The number of nitrogens with zero attached hydrogens (tertiary/aromatic N) is 3. The van der Waals surface area contributed by atoms with Crippen LogP contribution in [0.25, 0.3) is 5.65 Å². The van der Waals surface area contributed by atoms with Crippen molar-refractivity contribution in [3.63, 3.8) is 0 Å². The third-order valence-electron chi connectivity index (χ3n) is 2.65.